The quantitative estimate of drug-likeness (QED) is 0.754. The fraction of sp³-hybridized carbons (Fsp3) is 0.375. The van der Waals surface area contributed by atoms with E-state index in [1.165, 1.54) is 0 Å². The third-order valence-corrected chi connectivity index (χ3v) is 1.36. The van der Waals surface area contributed by atoms with Crippen LogP contribution in [0, 0.1) is 6.92 Å². The molecule has 2 nitrogen and oxygen atoms in total. The molecule has 0 fully saturated rings. The summed E-state index contributed by atoms with van der Waals surface area (Å²) >= 11 is 0. The molecule has 1 aromatic rings. The van der Waals surface area contributed by atoms with Crippen LogP contribution in [0.3, 0.4) is 0 Å². The molecule has 0 aromatic carbocycles. The van der Waals surface area contributed by atoms with Gasteiger partial charge < -0.3 is 5.32 Å². The van der Waals surface area contributed by atoms with Crippen LogP contribution in [0.4, 0.5) is 14.5 Å². The van der Waals surface area contributed by atoms with Gasteiger partial charge in [0.05, 0.1) is 6.54 Å². The first-order chi connectivity index (χ1) is 5.68. The van der Waals surface area contributed by atoms with Gasteiger partial charge in [-0.3, -0.25) is 4.98 Å². The van der Waals surface area contributed by atoms with E-state index in [0.717, 1.165) is 5.69 Å². The average molecular weight is 172 g/mol. The zero-order valence-corrected chi connectivity index (χ0v) is 6.72. The first-order valence-electron chi connectivity index (χ1n) is 3.63. The van der Waals surface area contributed by atoms with Crippen molar-refractivity contribution >= 4 is 5.69 Å². The molecule has 0 aliphatic heterocycles. The maximum absolute atomic E-state index is 11.7. The van der Waals surface area contributed by atoms with E-state index in [-0.39, 0.29) is 6.54 Å². The number of aryl methyl sites for hydroxylation is 1. The lowest BCUT2D eigenvalue weighted by Crippen LogP contribution is -2.10. The molecule has 1 N–H and O–H groups in total. The summed E-state index contributed by atoms with van der Waals surface area (Å²) in [6, 6.07) is 3.39. The molecule has 0 atom stereocenters. The minimum Gasteiger partial charge on any atom is -0.379 e. The average Bonchev–Trinajstić information content (AvgIpc) is 2.01. The van der Waals surface area contributed by atoms with E-state index in [9.17, 15) is 8.78 Å². The first kappa shape index (κ1) is 8.90. The van der Waals surface area contributed by atoms with E-state index in [2.05, 4.69) is 10.3 Å². The van der Waals surface area contributed by atoms with Gasteiger partial charge in [0.1, 0.15) is 0 Å². The van der Waals surface area contributed by atoms with Crippen LogP contribution < -0.4 is 5.32 Å². The van der Waals surface area contributed by atoms with E-state index >= 15 is 0 Å². The van der Waals surface area contributed by atoms with Crippen molar-refractivity contribution in [3.63, 3.8) is 0 Å². The highest BCUT2D eigenvalue weighted by Crippen LogP contribution is 2.07. The van der Waals surface area contributed by atoms with Gasteiger partial charge in [0.2, 0.25) is 0 Å². The van der Waals surface area contributed by atoms with E-state index in [4.69, 9.17) is 0 Å². The van der Waals surface area contributed by atoms with Gasteiger partial charge in [-0.2, -0.15) is 0 Å². The lowest BCUT2D eigenvalue weighted by molar-refractivity contribution is 0.163. The Kier molecular flexibility index (Phi) is 2.96. The number of nitrogens with one attached hydrogen (secondary N) is 1. The summed E-state index contributed by atoms with van der Waals surface area (Å²) < 4.78 is 23.5. The summed E-state index contributed by atoms with van der Waals surface area (Å²) in [7, 11) is 0. The summed E-state index contributed by atoms with van der Waals surface area (Å²) in [5, 5.41) is 2.59. The van der Waals surface area contributed by atoms with Gasteiger partial charge in [-0.1, -0.05) is 0 Å². The first-order valence-corrected chi connectivity index (χ1v) is 3.63. The molecule has 0 radical (unpaired) electrons. The molecule has 0 aliphatic carbocycles. The zero-order chi connectivity index (χ0) is 8.97. The van der Waals surface area contributed by atoms with Crippen molar-refractivity contribution in [2.45, 2.75) is 13.3 Å². The van der Waals surface area contributed by atoms with Crippen LogP contribution in [0.25, 0.3) is 0 Å². The van der Waals surface area contributed by atoms with Crippen molar-refractivity contribution in [2.75, 3.05) is 11.9 Å². The minimum atomic E-state index is -2.32. The van der Waals surface area contributed by atoms with Crippen molar-refractivity contribution in [3.05, 3.63) is 24.0 Å². The Balaban J connectivity index is 2.52. The summed E-state index contributed by atoms with van der Waals surface area (Å²) in [4.78, 5) is 3.94. The Bertz CT molecular complexity index is 251. The summed E-state index contributed by atoms with van der Waals surface area (Å²) in [6.45, 7) is 1.50. The molecular weight excluding hydrogens is 162 g/mol. The van der Waals surface area contributed by atoms with Crippen LogP contribution in [-0.2, 0) is 0 Å². The van der Waals surface area contributed by atoms with Gasteiger partial charge in [0.25, 0.3) is 6.43 Å². The summed E-state index contributed by atoms with van der Waals surface area (Å²) in [6.07, 6.45) is -0.734. The fourth-order valence-corrected chi connectivity index (χ4v) is 0.851. The lowest BCUT2D eigenvalue weighted by atomic mass is 10.3. The number of halogens is 2. The van der Waals surface area contributed by atoms with E-state index in [1.807, 2.05) is 6.92 Å². The standard InChI is InChI=1S/C8H10F2N2/c1-6-4-7(2-3-11-6)12-5-8(9)10/h2-4,8H,5H2,1H3,(H,11,12). The summed E-state index contributed by atoms with van der Waals surface area (Å²) in [5.74, 6) is 0. The van der Waals surface area contributed by atoms with Crippen LogP contribution >= 0.6 is 0 Å². The Morgan fingerprint density at radius 2 is 2.33 bits per heavy atom. The zero-order valence-electron chi connectivity index (χ0n) is 6.72. The predicted molar refractivity (Wildman–Crippen MR) is 43.5 cm³/mol. The number of hydrogen-bond donors (Lipinski definition) is 1. The second kappa shape index (κ2) is 3.99. The second-order valence-corrected chi connectivity index (χ2v) is 2.46. The van der Waals surface area contributed by atoms with Crippen LogP contribution in [0.1, 0.15) is 5.69 Å². The molecule has 1 heterocycles. The van der Waals surface area contributed by atoms with Gasteiger partial charge in [-0.15, -0.1) is 0 Å². The lowest BCUT2D eigenvalue weighted by Gasteiger charge is -2.04. The molecule has 0 amide bonds. The predicted octanol–water partition coefficient (Wildman–Crippen LogP) is 2.07. The van der Waals surface area contributed by atoms with Gasteiger partial charge in [-0.05, 0) is 19.1 Å². The number of rotatable bonds is 3. The molecule has 0 saturated heterocycles. The third kappa shape index (κ3) is 2.82. The summed E-state index contributed by atoms with van der Waals surface area (Å²) in [5.41, 5.74) is 1.50. The molecule has 0 spiro atoms. The molecule has 4 heteroatoms. The Labute approximate surface area is 69.6 Å². The smallest absolute Gasteiger partial charge is 0.255 e. The number of pyridine rings is 1. The maximum Gasteiger partial charge on any atom is 0.255 e. The number of anilines is 1. The van der Waals surface area contributed by atoms with E-state index < -0.39 is 6.43 Å². The SMILES string of the molecule is Cc1cc(NCC(F)F)ccn1. The molecule has 0 unspecified atom stereocenters. The van der Waals surface area contributed by atoms with Gasteiger partial charge in [-0.25, -0.2) is 8.78 Å². The van der Waals surface area contributed by atoms with Crippen molar-refractivity contribution in [2.24, 2.45) is 0 Å². The van der Waals surface area contributed by atoms with Crippen LogP contribution in [-0.4, -0.2) is 18.0 Å². The van der Waals surface area contributed by atoms with Gasteiger partial charge >= 0.3 is 0 Å². The van der Waals surface area contributed by atoms with Crippen LogP contribution in [0.2, 0.25) is 0 Å². The second-order valence-electron chi connectivity index (χ2n) is 2.46. The highest BCUT2D eigenvalue weighted by atomic mass is 19.3. The minimum absolute atomic E-state index is 0.316. The fourth-order valence-electron chi connectivity index (χ4n) is 0.851. The number of hydrogen-bond acceptors (Lipinski definition) is 2. The third-order valence-electron chi connectivity index (χ3n) is 1.36. The number of nitrogens with zero attached hydrogens (tertiary/aromatic N) is 1. The van der Waals surface area contributed by atoms with Crippen molar-refractivity contribution < 1.29 is 8.78 Å². The Morgan fingerprint density at radius 1 is 1.58 bits per heavy atom. The van der Waals surface area contributed by atoms with Crippen molar-refractivity contribution in [3.8, 4) is 0 Å². The van der Waals surface area contributed by atoms with Crippen LogP contribution in [0.15, 0.2) is 18.3 Å². The maximum atomic E-state index is 11.7. The largest absolute Gasteiger partial charge is 0.379 e. The van der Waals surface area contributed by atoms with E-state index in [0.29, 0.717) is 5.69 Å². The van der Waals surface area contributed by atoms with E-state index in [1.54, 1.807) is 18.3 Å². The molecule has 12 heavy (non-hydrogen) atoms. The number of alkyl halides is 2. The monoisotopic (exact) mass is 172 g/mol. The molecule has 0 bridgehead atoms. The van der Waals surface area contributed by atoms with Gasteiger partial charge in [0.15, 0.2) is 0 Å². The molecule has 0 aliphatic rings. The van der Waals surface area contributed by atoms with Crippen LogP contribution in [0.5, 0.6) is 0 Å². The Morgan fingerprint density at radius 3 is 2.92 bits per heavy atom. The molecule has 1 rings (SSSR count). The number of aromatic nitrogens is 1. The molecule has 0 saturated carbocycles. The Hall–Kier alpha value is -1.19. The normalized spacial score (nSPS) is 10.3. The van der Waals surface area contributed by atoms with Crippen molar-refractivity contribution in [1.82, 2.24) is 4.98 Å². The van der Waals surface area contributed by atoms with Crippen molar-refractivity contribution in [1.29, 1.82) is 0 Å². The highest BCUT2D eigenvalue weighted by Gasteiger charge is 2.00. The highest BCUT2D eigenvalue weighted by molar-refractivity contribution is 5.42. The topological polar surface area (TPSA) is 24.9 Å². The molecule has 66 valence electrons. The molecular formula is C8H10F2N2. The van der Waals surface area contributed by atoms with Gasteiger partial charge in [0, 0.05) is 17.6 Å². The molecule has 1 aromatic heterocycles.